The van der Waals surface area contributed by atoms with Gasteiger partial charge in [-0.2, -0.15) is 13.2 Å². The lowest BCUT2D eigenvalue weighted by molar-refractivity contribution is -0.137. The number of carbonyl (C=O) groups is 2. The highest BCUT2D eigenvalue weighted by atomic mass is 35.5. The normalized spacial score (nSPS) is 11.1. The maximum Gasteiger partial charge on any atom is 0.416 e. The number of carbonyl (C=O) groups excluding carboxylic acids is 2. The molecule has 27 heavy (non-hydrogen) atoms. The summed E-state index contributed by atoms with van der Waals surface area (Å²) in [4.78, 5) is 23.8. The second kappa shape index (κ2) is 7.85. The van der Waals surface area contributed by atoms with Crippen LogP contribution < -0.4 is 20.9 Å². The van der Waals surface area contributed by atoms with E-state index in [0.29, 0.717) is 5.01 Å². The first-order chi connectivity index (χ1) is 12.5. The number of methoxy groups -OCH3 is 1. The number of hydrogen-bond donors (Lipinski definition) is 2. The second-order valence-corrected chi connectivity index (χ2v) is 5.84. The van der Waals surface area contributed by atoms with Crippen LogP contribution in [0.2, 0.25) is 5.02 Å². The fourth-order valence-corrected chi connectivity index (χ4v) is 2.44. The Hall–Kier alpha value is -2.78. The highest BCUT2D eigenvalue weighted by molar-refractivity contribution is 6.34. The molecule has 0 bridgehead atoms. The predicted molar refractivity (Wildman–Crippen MR) is 94.7 cm³/mol. The predicted octanol–water partition coefficient (Wildman–Crippen LogP) is 3.85. The van der Waals surface area contributed by atoms with Crippen LogP contribution in [0.4, 0.5) is 24.5 Å². The fourth-order valence-electron chi connectivity index (χ4n) is 2.23. The van der Waals surface area contributed by atoms with Crippen molar-refractivity contribution in [1.82, 2.24) is 0 Å². The van der Waals surface area contributed by atoms with Gasteiger partial charge in [-0.1, -0.05) is 11.6 Å². The summed E-state index contributed by atoms with van der Waals surface area (Å²) in [5, 5.41) is 3.22. The van der Waals surface area contributed by atoms with Gasteiger partial charge >= 0.3 is 6.18 Å². The number of halogens is 4. The van der Waals surface area contributed by atoms with Crippen LogP contribution in [0.1, 0.15) is 22.8 Å². The molecule has 0 radical (unpaired) electrons. The summed E-state index contributed by atoms with van der Waals surface area (Å²) in [5.41, 5.74) is -0.626. The molecule has 0 fully saturated rings. The first kappa shape index (κ1) is 20.5. The van der Waals surface area contributed by atoms with Gasteiger partial charge in [0.25, 0.3) is 5.91 Å². The zero-order chi connectivity index (χ0) is 20.4. The maximum absolute atomic E-state index is 12.6. The van der Waals surface area contributed by atoms with E-state index < -0.39 is 17.6 Å². The fraction of sp³-hybridized carbons (Fsp3) is 0.176. The number of ether oxygens (including phenoxy) is 1. The highest BCUT2D eigenvalue weighted by Crippen LogP contribution is 2.33. The van der Waals surface area contributed by atoms with E-state index >= 15 is 0 Å². The minimum Gasteiger partial charge on any atom is -0.496 e. The van der Waals surface area contributed by atoms with Crippen LogP contribution >= 0.6 is 11.6 Å². The summed E-state index contributed by atoms with van der Waals surface area (Å²) >= 11 is 6.06. The van der Waals surface area contributed by atoms with E-state index in [1.165, 1.54) is 26.2 Å². The molecule has 3 N–H and O–H groups in total. The molecule has 0 unspecified atom stereocenters. The molecule has 0 aliphatic heterocycles. The lowest BCUT2D eigenvalue weighted by atomic mass is 10.1. The summed E-state index contributed by atoms with van der Waals surface area (Å²) in [5.74, 6) is 4.70. The third-order valence-corrected chi connectivity index (χ3v) is 3.83. The van der Waals surface area contributed by atoms with Crippen molar-refractivity contribution in [3.8, 4) is 5.75 Å². The van der Waals surface area contributed by atoms with E-state index in [9.17, 15) is 22.8 Å². The number of nitrogens with two attached hydrogens (primary N) is 1. The van der Waals surface area contributed by atoms with E-state index in [2.05, 4.69) is 5.32 Å². The summed E-state index contributed by atoms with van der Waals surface area (Å²) in [6.45, 7) is 1.29. The van der Waals surface area contributed by atoms with Gasteiger partial charge in [0.1, 0.15) is 5.75 Å². The van der Waals surface area contributed by atoms with Crippen molar-refractivity contribution in [2.75, 3.05) is 17.4 Å². The lowest BCUT2D eigenvalue weighted by Gasteiger charge is -2.20. The van der Waals surface area contributed by atoms with Gasteiger partial charge in [-0.15, -0.1) is 0 Å². The van der Waals surface area contributed by atoms with Crippen LogP contribution in [0, 0.1) is 0 Å². The number of rotatable bonds is 4. The third-order valence-electron chi connectivity index (χ3n) is 3.52. The summed E-state index contributed by atoms with van der Waals surface area (Å²) in [6.07, 6.45) is -4.50. The van der Waals surface area contributed by atoms with Gasteiger partial charge in [0.2, 0.25) is 5.91 Å². The van der Waals surface area contributed by atoms with Gasteiger partial charge in [-0.3, -0.25) is 9.59 Å². The molecule has 0 aliphatic rings. The van der Waals surface area contributed by atoms with E-state index in [1.807, 2.05) is 0 Å². The molecule has 0 saturated carbocycles. The Kier molecular flexibility index (Phi) is 5.97. The Morgan fingerprint density at radius 3 is 2.26 bits per heavy atom. The maximum atomic E-state index is 12.6. The highest BCUT2D eigenvalue weighted by Gasteiger charge is 2.30. The van der Waals surface area contributed by atoms with Crippen molar-refractivity contribution >= 4 is 34.8 Å². The zero-order valence-electron chi connectivity index (χ0n) is 14.2. The lowest BCUT2D eigenvalue weighted by Crippen LogP contribution is -2.37. The number of alkyl halides is 3. The molecule has 6 nitrogen and oxygen atoms in total. The molecule has 0 spiro atoms. The molecule has 2 rings (SSSR count). The van der Waals surface area contributed by atoms with Crippen LogP contribution in [-0.2, 0) is 11.0 Å². The van der Waals surface area contributed by atoms with Gasteiger partial charge in [-0.05, 0) is 30.3 Å². The van der Waals surface area contributed by atoms with Crippen LogP contribution in [0.3, 0.4) is 0 Å². The average molecular weight is 402 g/mol. The monoisotopic (exact) mass is 401 g/mol. The molecule has 0 saturated heterocycles. The van der Waals surface area contributed by atoms with Crippen molar-refractivity contribution in [3.63, 3.8) is 0 Å². The average Bonchev–Trinajstić information content (AvgIpc) is 2.60. The van der Waals surface area contributed by atoms with Crippen LogP contribution in [0.15, 0.2) is 36.4 Å². The number of amides is 2. The van der Waals surface area contributed by atoms with Gasteiger partial charge in [0, 0.05) is 13.0 Å². The quantitative estimate of drug-likeness (QED) is 0.463. The van der Waals surface area contributed by atoms with E-state index in [-0.39, 0.29) is 33.6 Å². The molecule has 0 aliphatic carbocycles. The Balaban J connectivity index is 2.36. The molecule has 2 amide bonds. The van der Waals surface area contributed by atoms with E-state index in [0.717, 1.165) is 24.3 Å². The topological polar surface area (TPSA) is 84.7 Å². The van der Waals surface area contributed by atoms with Gasteiger partial charge in [0.15, 0.2) is 0 Å². The summed E-state index contributed by atoms with van der Waals surface area (Å²) < 4.78 is 43.1. The summed E-state index contributed by atoms with van der Waals surface area (Å²) in [6, 6.07) is 6.36. The molecule has 0 heterocycles. The van der Waals surface area contributed by atoms with Crippen LogP contribution in [0.5, 0.6) is 5.75 Å². The van der Waals surface area contributed by atoms with E-state index in [1.54, 1.807) is 0 Å². The first-order valence-corrected chi connectivity index (χ1v) is 7.84. The van der Waals surface area contributed by atoms with Gasteiger partial charge < -0.3 is 10.1 Å². The van der Waals surface area contributed by atoms with Crippen molar-refractivity contribution in [2.45, 2.75) is 13.1 Å². The first-order valence-electron chi connectivity index (χ1n) is 7.46. The standard InChI is InChI=1S/C17H15ClF3N3O3/c1-9(25)23-14-8-15(27-2)12(7-13(14)18)16(26)24(22)11-5-3-10(4-6-11)17(19,20)21/h3-8H,22H2,1-2H3,(H,23,25). The molecule has 0 aromatic heterocycles. The Morgan fingerprint density at radius 1 is 1.19 bits per heavy atom. The number of nitrogens with zero attached hydrogens (tertiary/aromatic N) is 1. The molecule has 2 aromatic rings. The number of hydrazine groups is 1. The largest absolute Gasteiger partial charge is 0.496 e. The molecular formula is C17H15ClF3N3O3. The van der Waals surface area contributed by atoms with E-state index in [4.69, 9.17) is 22.2 Å². The number of nitrogens with one attached hydrogen (secondary N) is 1. The van der Waals surface area contributed by atoms with Crippen molar-refractivity contribution < 1.29 is 27.5 Å². The third kappa shape index (κ3) is 4.69. The SMILES string of the molecule is COc1cc(NC(C)=O)c(Cl)cc1C(=O)N(N)c1ccc(C(F)(F)F)cc1. The van der Waals surface area contributed by atoms with Crippen LogP contribution in [0.25, 0.3) is 0 Å². The zero-order valence-corrected chi connectivity index (χ0v) is 15.0. The minimum absolute atomic E-state index is 0.0287. The van der Waals surface area contributed by atoms with Crippen molar-refractivity contribution in [2.24, 2.45) is 5.84 Å². The van der Waals surface area contributed by atoms with Crippen molar-refractivity contribution in [3.05, 3.63) is 52.5 Å². The smallest absolute Gasteiger partial charge is 0.416 e. The Morgan fingerprint density at radius 2 is 1.78 bits per heavy atom. The summed E-state index contributed by atoms with van der Waals surface area (Å²) in [7, 11) is 1.30. The van der Waals surface area contributed by atoms with Crippen molar-refractivity contribution in [1.29, 1.82) is 0 Å². The molecule has 0 atom stereocenters. The Bertz CT molecular complexity index is 870. The van der Waals surface area contributed by atoms with Gasteiger partial charge in [0.05, 0.1) is 34.6 Å². The molecule has 2 aromatic carbocycles. The Labute approximate surface area is 157 Å². The van der Waals surface area contributed by atoms with Gasteiger partial charge in [-0.25, -0.2) is 10.9 Å². The van der Waals surface area contributed by atoms with Crippen LogP contribution in [-0.4, -0.2) is 18.9 Å². The minimum atomic E-state index is -4.50. The second-order valence-electron chi connectivity index (χ2n) is 5.43. The number of anilines is 2. The number of benzene rings is 2. The molecular weight excluding hydrogens is 387 g/mol. The number of hydrogen-bond acceptors (Lipinski definition) is 4. The molecule has 10 heteroatoms. The molecule has 144 valence electrons.